The van der Waals surface area contributed by atoms with E-state index in [0.29, 0.717) is 33.3 Å². The molecule has 5 nitrogen and oxygen atoms in total. The van der Waals surface area contributed by atoms with E-state index < -0.39 is 0 Å². The number of anilines is 1. The number of aryl methyl sites for hydroxylation is 2. The molecule has 1 N–H and O–H groups in total. The predicted octanol–water partition coefficient (Wildman–Crippen LogP) is 5.31. The molecule has 1 amide bonds. The zero-order chi connectivity index (χ0) is 19.4. The Morgan fingerprint density at radius 1 is 1.07 bits per heavy atom. The highest BCUT2D eigenvalue weighted by atomic mass is 35.5. The Kier molecular flexibility index (Phi) is 6.42. The standard InChI is InChI=1S/C19H17Cl2N3O2S/c1-11-3-4-13(7-12(11)2)8-18-23-24-19(26-18)27-10-17(25)22-14-5-6-15(20)16(21)9-14/h3-7,9H,8,10H2,1-2H3,(H,22,25). The van der Waals surface area contributed by atoms with Crippen molar-refractivity contribution in [3.05, 3.63) is 69.0 Å². The number of nitrogens with zero attached hydrogens (tertiary/aromatic N) is 2. The van der Waals surface area contributed by atoms with Gasteiger partial charge in [0.2, 0.25) is 11.8 Å². The van der Waals surface area contributed by atoms with Crippen molar-refractivity contribution >= 4 is 46.6 Å². The molecule has 0 unspecified atom stereocenters. The Morgan fingerprint density at radius 3 is 2.63 bits per heavy atom. The van der Waals surface area contributed by atoms with Crippen LogP contribution >= 0.6 is 35.0 Å². The smallest absolute Gasteiger partial charge is 0.277 e. The molecule has 27 heavy (non-hydrogen) atoms. The molecule has 1 heterocycles. The maximum absolute atomic E-state index is 12.1. The summed E-state index contributed by atoms with van der Waals surface area (Å²) in [7, 11) is 0. The van der Waals surface area contributed by atoms with Crippen LogP contribution in [0.3, 0.4) is 0 Å². The van der Waals surface area contributed by atoms with E-state index in [2.05, 4.69) is 41.5 Å². The Hall–Kier alpha value is -2.02. The molecule has 0 bridgehead atoms. The molecule has 3 rings (SSSR count). The first-order valence-corrected chi connectivity index (χ1v) is 9.91. The van der Waals surface area contributed by atoms with Crippen LogP contribution in [0.25, 0.3) is 0 Å². The van der Waals surface area contributed by atoms with E-state index in [-0.39, 0.29) is 11.7 Å². The summed E-state index contributed by atoms with van der Waals surface area (Å²) in [5.41, 5.74) is 4.15. The number of benzene rings is 2. The third kappa shape index (κ3) is 5.48. The molecule has 1 aromatic heterocycles. The van der Waals surface area contributed by atoms with Crippen molar-refractivity contribution in [1.29, 1.82) is 0 Å². The monoisotopic (exact) mass is 421 g/mol. The Balaban J connectivity index is 1.53. The normalized spacial score (nSPS) is 10.8. The molecule has 0 radical (unpaired) electrons. The zero-order valence-corrected chi connectivity index (χ0v) is 17.1. The van der Waals surface area contributed by atoms with Crippen LogP contribution in [0.5, 0.6) is 0 Å². The minimum Gasteiger partial charge on any atom is -0.416 e. The second-order valence-corrected chi connectivity index (χ2v) is 7.76. The van der Waals surface area contributed by atoms with Crippen LogP contribution in [0.1, 0.15) is 22.6 Å². The van der Waals surface area contributed by atoms with E-state index >= 15 is 0 Å². The molecule has 0 atom stereocenters. The lowest BCUT2D eigenvalue weighted by atomic mass is 10.0. The van der Waals surface area contributed by atoms with E-state index in [9.17, 15) is 4.79 Å². The highest BCUT2D eigenvalue weighted by Crippen LogP contribution is 2.25. The summed E-state index contributed by atoms with van der Waals surface area (Å²) in [6.45, 7) is 4.14. The summed E-state index contributed by atoms with van der Waals surface area (Å²) in [6.07, 6.45) is 0.560. The quantitative estimate of drug-likeness (QED) is 0.545. The summed E-state index contributed by atoms with van der Waals surface area (Å²) in [5.74, 6) is 0.462. The molecule has 2 aromatic carbocycles. The van der Waals surface area contributed by atoms with Crippen molar-refractivity contribution in [3.63, 3.8) is 0 Å². The first-order valence-electron chi connectivity index (χ1n) is 8.17. The molecular weight excluding hydrogens is 405 g/mol. The third-order valence-electron chi connectivity index (χ3n) is 3.91. The van der Waals surface area contributed by atoms with Crippen molar-refractivity contribution < 1.29 is 9.21 Å². The molecule has 3 aromatic rings. The van der Waals surface area contributed by atoms with Crippen molar-refractivity contribution in [3.8, 4) is 0 Å². The summed E-state index contributed by atoms with van der Waals surface area (Å²) in [5, 5.41) is 12.0. The third-order valence-corrected chi connectivity index (χ3v) is 5.46. The van der Waals surface area contributed by atoms with Gasteiger partial charge in [0.25, 0.3) is 5.22 Å². The Labute approximate surface area is 171 Å². The van der Waals surface area contributed by atoms with Gasteiger partial charge in [0, 0.05) is 5.69 Å². The average molecular weight is 422 g/mol. The van der Waals surface area contributed by atoms with Gasteiger partial charge in [0.1, 0.15) is 0 Å². The van der Waals surface area contributed by atoms with E-state index in [4.69, 9.17) is 27.6 Å². The molecule has 0 saturated heterocycles. The molecule has 8 heteroatoms. The molecule has 0 saturated carbocycles. The van der Waals surface area contributed by atoms with Crippen molar-refractivity contribution in [2.24, 2.45) is 0 Å². The van der Waals surface area contributed by atoms with Gasteiger partial charge in [-0.3, -0.25) is 4.79 Å². The fourth-order valence-electron chi connectivity index (χ4n) is 2.35. The largest absolute Gasteiger partial charge is 0.416 e. The number of hydrogen-bond acceptors (Lipinski definition) is 5. The molecule has 140 valence electrons. The van der Waals surface area contributed by atoms with Crippen LogP contribution in [0.4, 0.5) is 5.69 Å². The highest BCUT2D eigenvalue weighted by Gasteiger charge is 2.11. The fraction of sp³-hybridized carbons (Fsp3) is 0.211. The van der Waals surface area contributed by atoms with Crippen molar-refractivity contribution in [1.82, 2.24) is 10.2 Å². The van der Waals surface area contributed by atoms with Gasteiger partial charge in [-0.15, -0.1) is 10.2 Å². The maximum Gasteiger partial charge on any atom is 0.277 e. The average Bonchev–Trinajstić information content (AvgIpc) is 3.07. The number of halogens is 2. The SMILES string of the molecule is Cc1ccc(Cc2nnc(SCC(=O)Nc3ccc(Cl)c(Cl)c3)o2)cc1C. The Bertz CT molecular complexity index is 975. The first-order chi connectivity index (χ1) is 12.9. The lowest BCUT2D eigenvalue weighted by molar-refractivity contribution is -0.113. The minimum absolute atomic E-state index is 0.144. The second-order valence-electron chi connectivity index (χ2n) is 6.02. The van der Waals surface area contributed by atoms with Crippen LogP contribution in [0.2, 0.25) is 10.0 Å². The van der Waals surface area contributed by atoms with Gasteiger partial charge in [0.15, 0.2) is 0 Å². The number of hydrogen-bond donors (Lipinski definition) is 1. The van der Waals surface area contributed by atoms with E-state index in [1.54, 1.807) is 18.2 Å². The second kappa shape index (κ2) is 8.78. The minimum atomic E-state index is -0.202. The van der Waals surface area contributed by atoms with E-state index in [0.717, 1.165) is 5.56 Å². The number of nitrogens with one attached hydrogen (secondary N) is 1. The summed E-state index contributed by atoms with van der Waals surface area (Å²) in [6, 6.07) is 11.1. The molecule has 0 aliphatic carbocycles. The topological polar surface area (TPSA) is 68.0 Å². The highest BCUT2D eigenvalue weighted by molar-refractivity contribution is 7.99. The molecule has 0 fully saturated rings. The van der Waals surface area contributed by atoms with Crippen LogP contribution in [-0.2, 0) is 11.2 Å². The van der Waals surface area contributed by atoms with Gasteiger partial charge >= 0.3 is 0 Å². The number of thioether (sulfide) groups is 1. The van der Waals surface area contributed by atoms with Crippen LogP contribution in [-0.4, -0.2) is 21.9 Å². The molecule has 0 aliphatic heterocycles. The zero-order valence-electron chi connectivity index (χ0n) is 14.8. The van der Waals surface area contributed by atoms with E-state index in [1.165, 1.54) is 22.9 Å². The number of rotatable bonds is 6. The molecule has 0 spiro atoms. The lowest BCUT2D eigenvalue weighted by Gasteiger charge is -2.05. The van der Waals surface area contributed by atoms with Gasteiger partial charge in [-0.25, -0.2) is 0 Å². The summed E-state index contributed by atoms with van der Waals surface area (Å²) >= 11 is 13.0. The van der Waals surface area contributed by atoms with E-state index in [1.807, 2.05) is 6.07 Å². The van der Waals surface area contributed by atoms with Gasteiger partial charge < -0.3 is 9.73 Å². The molecular formula is C19H17Cl2N3O2S. The van der Waals surface area contributed by atoms with Gasteiger partial charge in [-0.2, -0.15) is 0 Å². The number of aromatic nitrogens is 2. The van der Waals surface area contributed by atoms with Crippen molar-refractivity contribution in [2.75, 3.05) is 11.1 Å². The number of carbonyl (C=O) groups is 1. The predicted molar refractivity (Wildman–Crippen MR) is 109 cm³/mol. The first kappa shape index (κ1) is 19.7. The Morgan fingerprint density at radius 2 is 1.89 bits per heavy atom. The maximum atomic E-state index is 12.1. The fourth-order valence-corrected chi connectivity index (χ4v) is 3.23. The van der Waals surface area contributed by atoms with Crippen LogP contribution < -0.4 is 5.32 Å². The van der Waals surface area contributed by atoms with Gasteiger partial charge in [0.05, 0.1) is 22.2 Å². The molecule has 0 aliphatic rings. The van der Waals surface area contributed by atoms with Gasteiger partial charge in [-0.1, -0.05) is 53.2 Å². The van der Waals surface area contributed by atoms with Crippen molar-refractivity contribution in [2.45, 2.75) is 25.5 Å². The number of amides is 1. The van der Waals surface area contributed by atoms with Crippen LogP contribution in [0, 0.1) is 13.8 Å². The number of carbonyl (C=O) groups excluding carboxylic acids is 1. The van der Waals surface area contributed by atoms with Gasteiger partial charge in [-0.05, 0) is 48.7 Å². The summed E-state index contributed by atoms with van der Waals surface area (Å²) < 4.78 is 5.62. The lowest BCUT2D eigenvalue weighted by Crippen LogP contribution is -2.13. The van der Waals surface area contributed by atoms with Crippen LogP contribution in [0.15, 0.2) is 46.0 Å². The summed E-state index contributed by atoms with van der Waals surface area (Å²) in [4.78, 5) is 12.1.